The standard InChI is InChI=1S/C6H12N2O2/c1-3-8(2)5-4-10-6(9)7-5/h5H,3-4H2,1-2H3,(H,7,9). The van der Waals surface area contributed by atoms with Crippen molar-refractivity contribution in [1.29, 1.82) is 0 Å². The van der Waals surface area contributed by atoms with Crippen LogP contribution < -0.4 is 5.32 Å². The third-order valence-electron chi connectivity index (χ3n) is 1.69. The van der Waals surface area contributed by atoms with Gasteiger partial charge in [0.25, 0.3) is 0 Å². The molecule has 0 spiro atoms. The zero-order valence-electron chi connectivity index (χ0n) is 6.26. The number of nitrogens with zero attached hydrogens (tertiary/aromatic N) is 1. The minimum absolute atomic E-state index is 0.0671. The van der Waals surface area contributed by atoms with Crippen LogP contribution in [0.4, 0.5) is 4.79 Å². The molecule has 1 rings (SSSR count). The molecule has 1 saturated heterocycles. The normalized spacial score (nSPS) is 24.7. The number of hydrogen-bond acceptors (Lipinski definition) is 3. The fourth-order valence-corrected chi connectivity index (χ4v) is 0.832. The van der Waals surface area contributed by atoms with Crippen molar-refractivity contribution in [2.45, 2.75) is 13.1 Å². The number of likely N-dealkylation sites (N-methyl/N-ethyl adjacent to an activating group) is 1. The van der Waals surface area contributed by atoms with Crippen molar-refractivity contribution >= 4 is 6.09 Å². The summed E-state index contributed by atoms with van der Waals surface area (Å²) < 4.78 is 4.70. The van der Waals surface area contributed by atoms with Gasteiger partial charge in [0.05, 0.1) is 0 Å². The summed E-state index contributed by atoms with van der Waals surface area (Å²) in [6.45, 7) is 3.40. The van der Waals surface area contributed by atoms with Crippen molar-refractivity contribution in [3.8, 4) is 0 Å². The Kier molecular flexibility index (Phi) is 2.11. The quantitative estimate of drug-likeness (QED) is 0.593. The Balaban J connectivity index is 2.36. The number of hydrogen-bond donors (Lipinski definition) is 1. The maximum atomic E-state index is 10.5. The van der Waals surface area contributed by atoms with Gasteiger partial charge in [0.15, 0.2) is 0 Å². The lowest BCUT2D eigenvalue weighted by atomic mass is 10.4. The number of amides is 1. The molecular weight excluding hydrogens is 132 g/mol. The van der Waals surface area contributed by atoms with E-state index in [0.29, 0.717) is 6.61 Å². The molecule has 1 atom stereocenters. The van der Waals surface area contributed by atoms with Crippen LogP contribution in [0, 0.1) is 0 Å². The van der Waals surface area contributed by atoms with Crippen LogP contribution in [0.3, 0.4) is 0 Å². The lowest BCUT2D eigenvalue weighted by Crippen LogP contribution is -2.41. The summed E-state index contributed by atoms with van der Waals surface area (Å²) in [4.78, 5) is 12.5. The van der Waals surface area contributed by atoms with Gasteiger partial charge in [0.2, 0.25) is 0 Å². The van der Waals surface area contributed by atoms with Crippen molar-refractivity contribution in [2.24, 2.45) is 0 Å². The van der Waals surface area contributed by atoms with Crippen molar-refractivity contribution in [2.75, 3.05) is 20.2 Å². The molecule has 0 aromatic rings. The van der Waals surface area contributed by atoms with E-state index in [0.717, 1.165) is 6.54 Å². The van der Waals surface area contributed by atoms with E-state index in [-0.39, 0.29) is 12.3 Å². The minimum atomic E-state index is -0.315. The van der Waals surface area contributed by atoms with Crippen LogP contribution in [0.2, 0.25) is 0 Å². The summed E-state index contributed by atoms with van der Waals surface area (Å²) in [7, 11) is 1.94. The Morgan fingerprint density at radius 2 is 2.60 bits per heavy atom. The lowest BCUT2D eigenvalue weighted by molar-refractivity contribution is 0.165. The second-order valence-corrected chi connectivity index (χ2v) is 2.33. The molecule has 10 heavy (non-hydrogen) atoms. The number of ether oxygens (including phenoxy) is 1. The van der Waals surface area contributed by atoms with Crippen LogP contribution in [-0.4, -0.2) is 37.4 Å². The molecule has 0 saturated carbocycles. The molecule has 0 bridgehead atoms. The van der Waals surface area contributed by atoms with Crippen molar-refractivity contribution in [1.82, 2.24) is 10.2 Å². The Morgan fingerprint density at radius 3 is 3.00 bits per heavy atom. The highest BCUT2D eigenvalue weighted by molar-refractivity contribution is 5.69. The Hall–Kier alpha value is -0.770. The van der Waals surface area contributed by atoms with Crippen molar-refractivity contribution in [3.63, 3.8) is 0 Å². The van der Waals surface area contributed by atoms with Gasteiger partial charge < -0.3 is 10.1 Å². The largest absolute Gasteiger partial charge is 0.446 e. The van der Waals surface area contributed by atoms with Gasteiger partial charge in [0.1, 0.15) is 12.8 Å². The average molecular weight is 144 g/mol. The Morgan fingerprint density at radius 1 is 1.90 bits per heavy atom. The molecule has 0 aliphatic carbocycles. The Bertz CT molecular complexity index is 138. The second kappa shape index (κ2) is 2.88. The van der Waals surface area contributed by atoms with Crippen LogP contribution >= 0.6 is 0 Å². The van der Waals surface area contributed by atoms with Gasteiger partial charge in [-0.05, 0) is 13.6 Å². The first-order valence-corrected chi connectivity index (χ1v) is 3.37. The first-order chi connectivity index (χ1) is 4.74. The zero-order chi connectivity index (χ0) is 7.56. The fourth-order valence-electron chi connectivity index (χ4n) is 0.832. The number of nitrogens with one attached hydrogen (secondary N) is 1. The number of alkyl carbamates (subject to hydrolysis) is 1. The topological polar surface area (TPSA) is 41.6 Å². The summed E-state index contributed by atoms with van der Waals surface area (Å²) in [6.07, 6.45) is -0.247. The molecular formula is C6H12N2O2. The van der Waals surface area contributed by atoms with Crippen LogP contribution in [0.1, 0.15) is 6.92 Å². The molecule has 1 heterocycles. The first-order valence-electron chi connectivity index (χ1n) is 3.37. The highest BCUT2D eigenvalue weighted by atomic mass is 16.6. The summed E-state index contributed by atoms with van der Waals surface area (Å²) in [5.74, 6) is 0. The van der Waals surface area contributed by atoms with Gasteiger partial charge in [-0.2, -0.15) is 0 Å². The molecule has 4 heteroatoms. The average Bonchev–Trinajstić information content (AvgIpc) is 2.34. The number of rotatable bonds is 2. The predicted molar refractivity (Wildman–Crippen MR) is 36.6 cm³/mol. The zero-order valence-corrected chi connectivity index (χ0v) is 6.26. The van der Waals surface area contributed by atoms with E-state index in [2.05, 4.69) is 5.32 Å². The van der Waals surface area contributed by atoms with Gasteiger partial charge in [-0.3, -0.25) is 4.90 Å². The SMILES string of the molecule is CCN(C)C1COC(=O)N1. The maximum absolute atomic E-state index is 10.5. The lowest BCUT2D eigenvalue weighted by Gasteiger charge is -2.19. The monoisotopic (exact) mass is 144 g/mol. The first kappa shape index (κ1) is 7.34. The molecule has 1 aliphatic rings. The smallest absolute Gasteiger partial charge is 0.408 e. The predicted octanol–water partition coefficient (Wildman–Crippen LogP) is 0.00400. The maximum Gasteiger partial charge on any atom is 0.408 e. The van der Waals surface area contributed by atoms with E-state index < -0.39 is 0 Å². The molecule has 0 aromatic heterocycles. The van der Waals surface area contributed by atoms with E-state index in [1.54, 1.807) is 0 Å². The van der Waals surface area contributed by atoms with Crippen LogP contribution in [-0.2, 0) is 4.74 Å². The molecule has 4 nitrogen and oxygen atoms in total. The van der Waals surface area contributed by atoms with Crippen molar-refractivity contribution in [3.05, 3.63) is 0 Å². The number of carbonyl (C=O) groups excluding carboxylic acids is 1. The molecule has 1 N–H and O–H groups in total. The van der Waals surface area contributed by atoms with E-state index in [1.165, 1.54) is 0 Å². The molecule has 1 unspecified atom stereocenters. The Labute approximate surface area is 60.1 Å². The van der Waals surface area contributed by atoms with E-state index >= 15 is 0 Å². The molecule has 58 valence electrons. The summed E-state index contributed by atoms with van der Waals surface area (Å²) in [5, 5.41) is 2.67. The van der Waals surface area contributed by atoms with Crippen LogP contribution in [0.25, 0.3) is 0 Å². The summed E-state index contributed by atoms with van der Waals surface area (Å²) in [6, 6.07) is 0. The van der Waals surface area contributed by atoms with Gasteiger partial charge in [0, 0.05) is 0 Å². The van der Waals surface area contributed by atoms with Crippen LogP contribution in [0.15, 0.2) is 0 Å². The minimum Gasteiger partial charge on any atom is -0.446 e. The van der Waals surface area contributed by atoms with E-state index in [9.17, 15) is 4.79 Å². The van der Waals surface area contributed by atoms with Gasteiger partial charge in [-0.25, -0.2) is 4.79 Å². The van der Waals surface area contributed by atoms with E-state index in [1.807, 2.05) is 18.9 Å². The fraction of sp³-hybridized carbons (Fsp3) is 0.833. The third kappa shape index (κ3) is 1.39. The van der Waals surface area contributed by atoms with E-state index in [4.69, 9.17) is 4.74 Å². The van der Waals surface area contributed by atoms with Crippen LogP contribution in [0.5, 0.6) is 0 Å². The summed E-state index contributed by atoms with van der Waals surface area (Å²) in [5.41, 5.74) is 0. The molecule has 1 fully saturated rings. The third-order valence-corrected chi connectivity index (χ3v) is 1.69. The molecule has 1 amide bonds. The molecule has 0 aromatic carbocycles. The molecule has 0 radical (unpaired) electrons. The van der Waals surface area contributed by atoms with Crippen molar-refractivity contribution < 1.29 is 9.53 Å². The highest BCUT2D eigenvalue weighted by Gasteiger charge is 2.24. The van der Waals surface area contributed by atoms with Gasteiger partial charge >= 0.3 is 6.09 Å². The number of carbonyl (C=O) groups is 1. The second-order valence-electron chi connectivity index (χ2n) is 2.33. The molecule has 1 aliphatic heterocycles. The number of cyclic esters (lactones) is 1. The van der Waals surface area contributed by atoms with Gasteiger partial charge in [-0.15, -0.1) is 0 Å². The van der Waals surface area contributed by atoms with Gasteiger partial charge in [-0.1, -0.05) is 6.92 Å². The highest BCUT2D eigenvalue weighted by Crippen LogP contribution is 2.00. The summed E-state index contributed by atoms with van der Waals surface area (Å²) >= 11 is 0.